The second-order valence-corrected chi connectivity index (χ2v) is 5.28. The SMILES string of the molecule is Nc1nc(Nc2cnc(F)c(Cl)c2)nc(-c2cccc(C(F)(F)F)n2)n1. The molecule has 0 fully saturated rings. The third-order valence-corrected chi connectivity index (χ3v) is 3.24. The van der Waals surface area contributed by atoms with Gasteiger partial charge in [-0.2, -0.15) is 32.5 Å². The number of nitrogen functional groups attached to an aromatic ring is 1. The Labute approximate surface area is 148 Å². The van der Waals surface area contributed by atoms with E-state index in [1.54, 1.807) is 0 Å². The zero-order chi connectivity index (χ0) is 18.9. The average Bonchev–Trinajstić information content (AvgIpc) is 2.57. The second-order valence-electron chi connectivity index (χ2n) is 4.87. The van der Waals surface area contributed by atoms with Gasteiger partial charge in [0.1, 0.15) is 11.4 Å². The van der Waals surface area contributed by atoms with Crippen LogP contribution in [-0.4, -0.2) is 24.9 Å². The maximum atomic E-state index is 13.1. The van der Waals surface area contributed by atoms with Crippen molar-refractivity contribution in [1.82, 2.24) is 24.9 Å². The number of hydrogen-bond donors (Lipinski definition) is 2. The van der Waals surface area contributed by atoms with Crippen LogP contribution < -0.4 is 11.1 Å². The first-order valence-electron chi connectivity index (χ1n) is 6.86. The van der Waals surface area contributed by atoms with Crippen molar-refractivity contribution in [2.24, 2.45) is 0 Å². The van der Waals surface area contributed by atoms with Crippen LogP contribution in [0.15, 0.2) is 30.5 Å². The summed E-state index contributed by atoms with van der Waals surface area (Å²) in [6.45, 7) is 0. The molecule has 0 unspecified atom stereocenters. The lowest BCUT2D eigenvalue weighted by molar-refractivity contribution is -0.141. The molecule has 0 radical (unpaired) electrons. The normalized spacial score (nSPS) is 11.4. The summed E-state index contributed by atoms with van der Waals surface area (Å²) >= 11 is 5.63. The molecule has 0 saturated carbocycles. The summed E-state index contributed by atoms with van der Waals surface area (Å²) in [6, 6.07) is 4.51. The van der Waals surface area contributed by atoms with Gasteiger partial charge in [-0.05, 0) is 18.2 Å². The highest BCUT2D eigenvalue weighted by Gasteiger charge is 2.32. The Hall–Kier alpha value is -3.08. The van der Waals surface area contributed by atoms with E-state index >= 15 is 0 Å². The molecule has 3 rings (SSSR count). The maximum Gasteiger partial charge on any atom is 0.433 e. The van der Waals surface area contributed by atoms with Crippen molar-refractivity contribution < 1.29 is 17.6 Å². The summed E-state index contributed by atoms with van der Waals surface area (Å²) < 4.78 is 51.5. The molecule has 0 aliphatic heterocycles. The zero-order valence-electron chi connectivity index (χ0n) is 12.6. The molecule has 0 spiro atoms. The Bertz CT molecular complexity index is 964. The lowest BCUT2D eigenvalue weighted by Crippen LogP contribution is -2.10. The van der Waals surface area contributed by atoms with Crippen LogP contribution in [0.3, 0.4) is 0 Å². The van der Waals surface area contributed by atoms with Gasteiger partial charge in [0.25, 0.3) is 0 Å². The Kier molecular flexibility index (Phi) is 4.55. The molecular weight excluding hydrogens is 378 g/mol. The number of hydrogen-bond acceptors (Lipinski definition) is 7. The van der Waals surface area contributed by atoms with Crippen LogP contribution in [0.4, 0.5) is 35.1 Å². The summed E-state index contributed by atoms with van der Waals surface area (Å²) in [5.41, 5.74) is 4.57. The minimum absolute atomic E-state index is 0.101. The van der Waals surface area contributed by atoms with Crippen LogP contribution in [0.25, 0.3) is 11.5 Å². The first-order chi connectivity index (χ1) is 12.2. The van der Waals surface area contributed by atoms with Crippen LogP contribution in [0.5, 0.6) is 0 Å². The second kappa shape index (κ2) is 6.67. The van der Waals surface area contributed by atoms with E-state index in [9.17, 15) is 17.6 Å². The van der Waals surface area contributed by atoms with Crippen molar-refractivity contribution in [2.45, 2.75) is 6.18 Å². The molecule has 0 saturated heterocycles. The highest BCUT2D eigenvalue weighted by atomic mass is 35.5. The highest BCUT2D eigenvalue weighted by Crippen LogP contribution is 2.29. The molecule has 3 heterocycles. The fourth-order valence-corrected chi connectivity index (χ4v) is 2.06. The third kappa shape index (κ3) is 3.94. The third-order valence-electron chi connectivity index (χ3n) is 2.97. The van der Waals surface area contributed by atoms with E-state index in [0.717, 1.165) is 12.3 Å². The summed E-state index contributed by atoms with van der Waals surface area (Å²) in [5.74, 6) is -1.39. The Morgan fingerprint density at radius 2 is 1.85 bits per heavy atom. The zero-order valence-corrected chi connectivity index (χ0v) is 13.3. The van der Waals surface area contributed by atoms with Crippen molar-refractivity contribution in [1.29, 1.82) is 0 Å². The number of nitrogens with one attached hydrogen (secondary N) is 1. The van der Waals surface area contributed by atoms with Crippen LogP contribution in [0.2, 0.25) is 5.02 Å². The van der Waals surface area contributed by atoms with Gasteiger partial charge in [-0.3, -0.25) is 0 Å². The number of aromatic nitrogens is 5. The van der Waals surface area contributed by atoms with Gasteiger partial charge in [-0.1, -0.05) is 17.7 Å². The van der Waals surface area contributed by atoms with Crippen LogP contribution in [-0.2, 0) is 6.18 Å². The monoisotopic (exact) mass is 385 g/mol. The van der Waals surface area contributed by atoms with E-state index in [4.69, 9.17) is 17.3 Å². The predicted octanol–water partition coefficient (Wildman–Crippen LogP) is 3.47. The Balaban J connectivity index is 1.96. The summed E-state index contributed by atoms with van der Waals surface area (Å²) in [7, 11) is 0. The van der Waals surface area contributed by atoms with E-state index in [0.29, 0.717) is 0 Å². The van der Waals surface area contributed by atoms with E-state index in [-0.39, 0.29) is 34.1 Å². The highest BCUT2D eigenvalue weighted by molar-refractivity contribution is 6.30. The predicted molar refractivity (Wildman–Crippen MR) is 85.0 cm³/mol. The number of rotatable bonds is 3. The fourth-order valence-electron chi connectivity index (χ4n) is 1.90. The van der Waals surface area contributed by atoms with Crippen molar-refractivity contribution in [3.8, 4) is 11.5 Å². The molecule has 3 aromatic rings. The quantitative estimate of drug-likeness (QED) is 0.525. The molecule has 26 heavy (non-hydrogen) atoms. The van der Waals surface area contributed by atoms with Crippen LogP contribution in [0.1, 0.15) is 5.69 Å². The molecule has 0 aromatic carbocycles. The summed E-state index contributed by atoms with van der Waals surface area (Å²) in [4.78, 5) is 18.5. The number of halogens is 5. The lowest BCUT2D eigenvalue weighted by atomic mass is 10.3. The van der Waals surface area contributed by atoms with Gasteiger partial charge in [0, 0.05) is 0 Å². The van der Waals surface area contributed by atoms with Gasteiger partial charge in [0.15, 0.2) is 5.82 Å². The first-order valence-corrected chi connectivity index (χ1v) is 7.24. The van der Waals surface area contributed by atoms with Gasteiger partial charge >= 0.3 is 6.18 Å². The molecule has 134 valence electrons. The number of nitrogens with zero attached hydrogens (tertiary/aromatic N) is 5. The van der Waals surface area contributed by atoms with Crippen LogP contribution in [0, 0.1) is 5.95 Å². The number of nitrogens with two attached hydrogens (primary N) is 1. The molecule has 7 nitrogen and oxygen atoms in total. The molecule has 0 aliphatic carbocycles. The molecule has 0 amide bonds. The van der Waals surface area contributed by atoms with E-state index in [1.165, 1.54) is 18.2 Å². The van der Waals surface area contributed by atoms with Gasteiger partial charge in [-0.25, -0.2) is 9.97 Å². The standard InChI is InChI=1S/C14H8ClF4N7/c15-7-4-6(5-21-10(7)16)22-13-25-11(24-12(20)26-13)8-2-1-3-9(23-8)14(17,18)19/h1-5H,(H3,20,22,24,25,26). The summed E-state index contributed by atoms with van der Waals surface area (Å²) in [6.07, 6.45) is -3.49. The first kappa shape index (κ1) is 17.7. The van der Waals surface area contributed by atoms with Gasteiger partial charge < -0.3 is 11.1 Å². The smallest absolute Gasteiger partial charge is 0.368 e. The largest absolute Gasteiger partial charge is 0.433 e. The lowest BCUT2D eigenvalue weighted by Gasteiger charge is -2.09. The van der Waals surface area contributed by atoms with Gasteiger partial charge in [0.05, 0.1) is 16.9 Å². The van der Waals surface area contributed by atoms with E-state index in [1.807, 2.05) is 0 Å². The van der Waals surface area contributed by atoms with Crippen molar-refractivity contribution in [2.75, 3.05) is 11.1 Å². The van der Waals surface area contributed by atoms with Crippen molar-refractivity contribution >= 4 is 29.2 Å². The van der Waals surface area contributed by atoms with Gasteiger partial charge in [0.2, 0.25) is 17.8 Å². The van der Waals surface area contributed by atoms with Crippen LogP contribution >= 0.6 is 11.6 Å². The van der Waals surface area contributed by atoms with Gasteiger partial charge in [-0.15, -0.1) is 0 Å². The molecule has 0 atom stereocenters. The minimum atomic E-state index is -4.62. The van der Waals surface area contributed by atoms with Crippen molar-refractivity contribution in [3.05, 3.63) is 47.1 Å². The summed E-state index contributed by atoms with van der Waals surface area (Å²) in [5, 5.41) is 2.42. The molecule has 3 aromatic heterocycles. The van der Waals surface area contributed by atoms with E-state index < -0.39 is 17.8 Å². The molecule has 12 heteroatoms. The Morgan fingerprint density at radius 1 is 1.08 bits per heavy atom. The Morgan fingerprint density at radius 3 is 2.54 bits per heavy atom. The molecular formula is C14H8ClF4N7. The van der Waals surface area contributed by atoms with Crippen molar-refractivity contribution in [3.63, 3.8) is 0 Å². The molecule has 0 bridgehead atoms. The minimum Gasteiger partial charge on any atom is -0.368 e. The number of alkyl halides is 3. The maximum absolute atomic E-state index is 13.1. The average molecular weight is 386 g/mol. The number of anilines is 3. The topological polar surface area (TPSA) is 102 Å². The van der Waals surface area contributed by atoms with E-state index in [2.05, 4.69) is 30.2 Å². The molecule has 3 N–H and O–H groups in total. The molecule has 0 aliphatic rings. The number of pyridine rings is 2. The fraction of sp³-hybridized carbons (Fsp3) is 0.0714.